The maximum Gasteiger partial charge on any atom is 0.224 e. The van der Waals surface area contributed by atoms with Gasteiger partial charge >= 0.3 is 0 Å². The first-order valence-corrected chi connectivity index (χ1v) is 8.07. The second kappa shape index (κ2) is 7.17. The molecule has 124 valence electrons. The third-order valence-electron chi connectivity index (χ3n) is 3.81. The van der Waals surface area contributed by atoms with Crippen molar-refractivity contribution in [1.82, 2.24) is 14.7 Å². The van der Waals surface area contributed by atoms with Crippen molar-refractivity contribution in [3.05, 3.63) is 65.6 Å². The lowest BCUT2D eigenvalue weighted by Gasteiger charge is -2.05. The van der Waals surface area contributed by atoms with Gasteiger partial charge in [-0.05, 0) is 43.7 Å². The van der Waals surface area contributed by atoms with E-state index in [1.54, 1.807) is 0 Å². The summed E-state index contributed by atoms with van der Waals surface area (Å²) >= 11 is 0. The number of aryl methyl sites for hydroxylation is 1. The average Bonchev–Trinajstić information content (AvgIpc) is 3.00. The molecule has 1 N–H and O–H groups in total. The lowest BCUT2D eigenvalue weighted by atomic mass is 10.1. The van der Waals surface area contributed by atoms with Gasteiger partial charge in [0.05, 0.1) is 25.3 Å². The summed E-state index contributed by atoms with van der Waals surface area (Å²) in [5, 5.41) is 2.92. The maximum absolute atomic E-state index is 12.1. The van der Waals surface area contributed by atoms with Crippen molar-refractivity contribution in [2.45, 2.75) is 26.8 Å². The Labute approximate surface area is 141 Å². The standard InChI is InChI=1S/C19H21N3O2/c1-3-24-17-9-7-15(8-10-17)11-19(23)20-12-16-13-22-14(2)5-4-6-18(22)21-16/h4-10,13H,3,11-12H2,1-2H3,(H,20,23). The van der Waals surface area contributed by atoms with Crippen molar-refractivity contribution in [3.8, 4) is 5.75 Å². The Bertz CT molecular complexity index is 837. The number of carbonyl (C=O) groups is 1. The van der Waals surface area contributed by atoms with Gasteiger partial charge in [-0.3, -0.25) is 4.79 Å². The molecule has 0 radical (unpaired) electrons. The normalized spacial score (nSPS) is 10.8. The number of pyridine rings is 1. The number of hydrogen-bond donors (Lipinski definition) is 1. The van der Waals surface area contributed by atoms with Crippen LogP contribution in [0.5, 0.6) is 5.75 Å². The van der Waals surface area contributed by atoms with Gasteiger partial charge < -0.3 is 14.5 Å². The first-order valence-electron chi connectivity index (χ1n) is 8.07. The van der Waals surface area contributed by atoms with Gasteiger partial charge in [-0.15, -0.1) is 0 Å². The second-order valence-corrected chi connectivity index (χ2v) is 5.66. The predicted molar refractivity (Wildman–Crippen MR) is 93.1 cm³/mol. The first-order chi connectivity index (χ1) is 11.7. The highest BCUT2D eigenvalue weighted by Gasteiger charge is 2.07. The van der Waals surface area contributed by atoms with Gasteiger partial charge in [-0.1, -0.05) is 18.2 Å². The number of carbonyl (C=O) groups excluding carboxylic acids is 1. The SMILES string of the molecule is CCOc1ccc(CC(=O)NCc2cn3c(C)cccc3n2)cc1. The Kier molecular flexibility index (Phi) is 4.79. The summed E-state index contributed by atoms with van der Waals surface area (Å²) in [5.41, 5.74) is 3.82. The van der Waals surface area contributed by atoms with Crippen LogP contribution in [0.1, 0.15) is 23.9 Å². The molecule has 0 fully saturated rings. The number of ether oxygens (including phenoxy) is 1. The number of rotatable bonds is 6. The summed E-state index contributed by atoms with van der Waals surface area (Å²) in [4.78, 5) is 16.6. The molecule has 5 heteroatoms. The minimum Gasteiger partial charge on any atom is -0.494 e. The molecule has 0 aliphatic rings. The zero-order chi connectivity index (χ0) is 16.9. The van der Waals surface area contributed by atoms with Crippen LogP contribution in [0.4, 0.5) is 0 Å². The fraction of sp³-hybridized carbons (Fsp3) is 0.263. The van der Waals surface area contributed by atoms with E-state index in [-0.39, 0.29) is 5.91 Å². The quantitative estimate of drug-likeness (QED) is 0.759. The second-order valence-electron chi connectivity index (χ2n) is 5.66. The zero-order valence-electron chi connectivity index (χ0n) is 14.0. The Hall–Kier alpha value is -2.82. The summed E-state index contributed by atoms with van der Waals surface area (Å²) in [6.07, 6.45) is 2.31. The number of nitrogens with one attached hydrogen (secondary N) is 1. The number of benzene rings is 1. The van der Waals surface area contributed by atoms with Gasteiger partial charge in [0.15, 0.2) is 0 Å². The van der Waals surface area contributed by atoms with E-state index < -0.39 is 0 Å². The van der Waals surface area contributed by atoms with E-state index in [0.29, 0.717) is 19.6 Å². The third-order valence-corrected chi connectivity index (χ3v) is 3.81. The fourth-order valence-electron chi connectivity index (χ4n) is 2.59. The molecule has 2 heterocycles. The molecule has 24 heavy (non-hydrogen) atoms. The Morgan fingerprint density at radius 2 is 2.00 bits per heavy atom. The lowest BCUT2D eigenvalue weighted by molar-refractivity contribution is -0.120. The number of hydrogen-bond acceptors (Lipinski definition) is 3. The molecular weight excluding hydrogens is 302 g/mol. The molecule has 2 aromatic heterocycles. The van der Waals surface area contributed by atoms with E-state index >= 15 is 0 Å². The molecule has 3 rings (SSSR count). The minimum atomic E-state index is -0.0204. The van der Waals surface area contributed by atoms with Crippen molar-refractivity contribution in [2.75, 3.05) is 6.61 Å². The topological polar surface area (TPSA) is 55.6 Å². The molecular formula is C19H21N3O2. The van der Waals surface area contributed by atoms with Crippen molar-refractivity contribution in [2.24, 2.45) is 0 Å². The molecule has 0 saturated heterocycles. The average molecular weight is 323 g/mol. The van der Waals surface area contributed by atoms with Crippen LogP contribution < -0.4 is 10.1 Å². The molecule has 0 bridgehead atoms. The van der Waals surface area contributed by atoms with E-state index in [1.165, 1.54) is 0 Å². The van der Waals surface area contributed by atoms with Crippen LogP contribution in [0.2, 0.25) is 0 Å². The fourth-order valence-corrected chi connectivity index (χ4v) is 2.59. The predicted octanol–water partition coefficient (Wildman–Crippen LogP) is 2.90. The highest BCUT2D eigenvalue weighted by Crippen LogP contribution is 2.12. The highest BCUT2D eigenvalue weighted by molar-refractivity contribution is 5.78. The van der Waals surface area contributed by atoms with Crippen molar-refractivity contribution in [3.63, 3.8) is 0 Å². The van der Waals surface area contributed by atoms with Crippen LogP contribution >= 0.6 is 0 Å². The monoisotopic (exact) mass is 323 g/mol. The molecule has 0 unspecified atom stereocenters. The van der Waals surface area contributed by atoms with Crippen LogP contribution in [0, 0.1) is 6.92 Å². The van der Waals surface area contributed by atoms with E-state index in [0.717, 1.165) is 28.3 Å². The van der Waals surface area contributed by atoms with Gasteiger partial charge in [0.25, 0.3) is 0 Å². The molecule has 0 aliphatic carbocycles. The summed E-state index contributed by atoms with van der Waals surface area (Å²) in [6.45, 7) is 5.04. The highest BCUT2D eigenvalue weighted by atomic mass is 16.5. The first kappa shape index (κ1) is 16.1. The zero-order valence-corrected chi connectivity index (χ0v) is 14.0. The number of imidazole rings is 1. The largest absolute Gasteiger partial charge is 0.494 e. The molecule has 0 spiro atoms. The molecule has 5 nitrogen and oxygen atoms in total. The lowest BCUT2D eigenvalue weighted by Crippen LogP contribution is -2.24. The van der Waals surface area contributed by atoms with Gasteiger partial charge in [-0.25, -0.2) is 4.98 Å². The third kappa shape index (κ3) is 3.74. The van der Waals surface area contributed by atoms with Crippen molar-refractivity contribution < 1.29 is 9.53 Å². The van der Waals surface area contributed by atoms with Crippen LogP contribution in [-0.4, -0.2) is 21.9 Å². The van der Waals surface area contributed by atoms with Crippen molar-refractivity contribution in [1.29, 1.82) is 0 Å². The molecule has 0 aliphatic heterocycles. The minimum absolute atomic E-state index is 0.0204. The van der Waals surface area contributed by atoms with Crippen molar-refractivity contribution >= 4 is 11.6 Å². The summed E-state index contributed by atoms with van der Waals surface area (Å²) in [7, 11) is 0. The van der Waals surface area contributed by atoms with Crippen LogP contribution in [0.3, 0.4) is 0 Å². The Morgan fingerprint density at radius 3 is 2.71 bits per heavy atom. The van der Waals surface area contributed by atoms with Crippen LogP contribution in [-0.2, 0) is 17.8 Å². The Balaban J connectivity index is 1.57. The smallest absolute Gasteiger partial charge is 0.224 e. The maximum atomic E-state index is 12.1. The van der Waals surface area contributed by atoms with Crippen LogP contribution in [0.15, 0.2) is 48.7 Å². The van der Waals surface area contributed by atoms with Gasteiger partial charge in [-0.2, -0.15) is 0 Å². The molecule has 3 aromatic rings. The molecule has 0 atom stereocenters. The number of fused-ring (bicyclic) bond motifs is 1. The number of nitrogens with zero attached hydrogens (tertiary/aromatic N) is 2. The van der Waals surface area contributed by atoms with Gasteiger partial charge in [0.2, 0.25) is 5.91 Å². The molecule has 0 saturated carbocycles. The van der Waals surface area contributed by atoms with Gasteiger partial charge in [0, 0.05) is 11.9 Å². The summed E-state index contributed by atoms with van der Waals surface area (Å²) in [6, 6.07) is 13.6. The molecule has 1 aromatic carbocycles. The van der Waals surface area contributed by atoms with Gasteiger partial charge in [0.1, 0.15) is 11.4 Å². The summed E-state index contributed by atoms with van der Waals surface area (Å²) in [5.74, 6) is 0.801. The van der Waals surface area contributed by atoms with E-state index in [9.17, 15) is 4.79 Å². The van der Waals surface area contributed by atoms with E-state index in [1.807, 2.05) is 66.9 Å². The summed E-state index contributed by atoms with van der Waals surface area (Å²) < 4.78 is 7.42. The van der Waals surface area contributed by atoms with Crippen LogP contribution in [0.25, 0.3) is 5.65 Å². The molecule has 1 amide bonds. The number of amides is 1. The van der Waals surface area contributed by atoms with E-state index in [2.05, 4.69) is 10.3 Å². The number of aromatic nitrogens is 2. The van der Waals surface area contributed by atoms with E-state index in [4.69, 9.17) is 4.74 Å². The Morgan fingerprint density at radius 1 is 1.21 bits per heavy atom.